The number of oxazole rings is 1. The summed E-state index contributed by atoms with van der Waals surface area (Å²) in [6.45, 7) is 2.34. The van der Waals surface area contributed by atoms with E-state index < -0.39 is 0 Å². The highest BCUT2D eigenvalue weighted by molar-refractivity contribution is 5.72. The molecular formula is C16H22N2O2. The Labute approximate surface area is 119 Å². The summed E-state index contributed by atoms with van der Waals surface area (Å²) in [5.41, 5.74) is 1.73. The Hall–Kier alpha value is -1.39. The van der Waals surface area contributed by atoms with E-state index in [-0.39, 0.29) is 12.6 Å². The fraction of sp³-hybridized carbons (Fsp3) is 0.562. The van der Waals surface area contributed by atoms with Crippen LogP contribution in [0.5, 0.6) is 0 Å². The van der Waals surface area contributed by atoms with Crippen LogP contribution in [0.25, 0.3) is 11.1 Å². The molecule has 1 heterocycles. The van der Waals surface area contributed by atoms with Crippen molar-refractivity contribution in [3.63, 3.8) is 0 Å². The summed E-state index contributed by atoms with van der Waals surface area (Å²) < 4.78 is 5.80. The van der Waals surface area contributed by atoms with Crippen LogP contribution < -0.4 is 5.32 Å². The SMILES string of the molecule is CC(NC1CCCCC1CO)c1nc2ccccc2o1. The Balaban J connectivity index is 1.73. The fourth-order valence-electron chi connectivity index (χ4n) is 3.11. The van der Waals surface area contributed by atoms with Gasteiger partial charge in [0, 0.05) is 12.6 Å². The van der Waals surface area contributed by atoms with E-state index in [1.165, 1.54) is 12.8 Å². The van der Waals surface area contributed by atoms with Crippen LogP contribution in [-0.4, -0.2) is 22.7 Å². The summed E-state index contributed by atoms with van der Waals surface area (Å²) in [6.07, 6.45) is 4.68. The molecule has 0 saturated heterocycles. The molecule has 108 valence electrons. The first kappa shape index (κ1) is 13.6. The zero-order valence-electron chi connectivity index (χ0n) is 11.9. The molecule has 3 rings (SSSR count). The van der Waals surface area contributed by atoms with Gasteiger partial charge in [-0.25, -0.2) is 4.98 Å². The standard InChI is InChI=1S/C16H22N2O2/c1-11(17-13-7-3-2-6-12(13)10-19)16-18-14-8-4-5-9-15(14)20-16/h4-5,8-9,11-13,17,19H,2-3,6-7,10H2,1H3. The van der Waals surface area contributed by atoms with Crippen LogP contribution in [0.4, 0.5) is 0 Å². The van der Waals surface area contributed by atoms with Gasteiger partial charge in [-0.15, -0.1) is 0 Å². The number of rotatable bonds is 4. The second-order valence-corrected chi connectivity index (χ2v) is 5.74. The number of aromatic nitrogens is 1. The van der Waals surface area contributed by atoms with E-state index in [2.05, 4.69) is 17.2 Å². The van der Waals surface area contributed by atoms with Crippen LogP contribution in [0.15, 0.2) is 28.7 Å². The molecule has 1 saturated carbocycles. The number of para-hydroxylation sites is 2. The van der Waals surface area contributed by atoms with Crippen LogP contribution in [0.2, 0.25) is 0 Å². The van der Waals surface area contributed by atoms with Crippen molar-refractivity contribution < 1.29 is 9.52 Å². The van der Waals surface area contributed by atoms with Crippen molar-refractivity contribution in [3.05, 3.63) is 30.2 Å². The molecule has 0 spiro atoms. The molecule has 1 aromatic carbocycles. The highest BCUT2D eigenvalue weighted by Gasteiger charge is 2.27. The number of benzene rings is 1. The number of nitrogens with zero attached hydrogens (tertiary/aromatic N) is 1. The van der Waals surface area contributed by atoms with Crippen molar-refractivity contribution in [1.29, 1.82) is 0 Å². The van der Waals surface area contributed by atoms with E-state index >= 15 is 0 Å². The molecule has 1 aromatic heterocycles. The number of aliphatic hydroxyl groups is 1. The van der Waals surface area contributed by atoms with Gasteiger partial charge in [-0.2, -0.15) is 0 Å². The Bertz CT molecular complexity index is 533. The maximum Gasteiger partial charge on any atom is 0.212 e. The molecule has 1 fully saturated rings. The molecule has 0 amide bonds. The van der Waals surface area contributed by atoms with Gasteiger partial charge < -0.3 is 14.8 Å². The van der Waals surface area contributed by atoms with Gasteiger partial charge in [0.25, 0.3) is 0 Å². The Morgan fingerprint density at radius 2 is 2.15 bits per heavy atom. The van der Waals surface area contributed by atoms with Crippen LogP contribution in [-0.2, 0) is 0 Å². The summed E-state index contributed by atoms with van der Waals surface area (Å²) in [6, 6.07) is 8.26. The molecule has 3 unspecified atom stereocenters. The third-order valence-corrected chi connectivity index (χ3v) is 4.29. The van der Waals surface area contributed by atoms with Crippen molar-refractivity contribution in [2.45, 2.75) is 44.7 Å². The molecule has 1 aliphatic carbocycles. The zero-order chi connectivity index (χ0) is 13.9. The molecule has 3 atom stereocenters. The second kappa shape index (κ2) is 5.94. The van der Waals surface area contributed by atoms with Crippen molar-refractivity contribution in [3.8, 4) is 0 Å². The van der Waals surface area contributed by atoms with Gasteiger partial charge in [0.2, 0.25) is 5.89 Å². The van der Waals surface area contributed by atoms with E-state index in [1.807, 2.05) is 24.3 Å². The van der Waals surface area contributed by atoms with Gasteiger partial charge >= 0.3 is 0 Å². The van der Waals surface area contributed by atoms with Gasteiger partial charge in [-0.1, -0.05) is 25.0 Å². The van der Waals surface area contributed by atoms with Crippen molar-refractivity contribution in [2.24, 2.45) is 5.92 Å². The average molecular weight is 274 g/mol. The summed E-state index contributed by atoms with van der Waals surface area (Å²) in [5, 5.41) is 13.1. The molecular weight excluding hydrogens is 252 g/mol. The van der Waals surface area contributed by atoms with Crippen LogP contribution in [0.1, 0.15) is 44.5 Å². The lowest BCUT2D eigenvalue weighted by molar-refractivity contribution is 0.144. The average Bonchev–Trinajstić information content (AvgIpc) is 2.92. The Morgan fingerprint density at radius 3 is 2.95 bits per heavy atom. The maximum absolute atomic E-state index is 9.48. The number of hydrogen-bond acceptors (Lipinski definition) is 4. The second-order valence-electron chi connectivity index (χ2n) is 5.74. The van der Waals surface area contributed by atoms with Gasteiger partial charge in [0.15, 0.2) is 5.58 Å². The number of hydrogen-bond donors (Lipinski definition) is 2. The first-order valence-corrected chi connectivity index (χ1v) is 7.50. The Morgan fingerprint density at radius 1 is 1.35 bits per heavy atom. The van der Waals surface area contributed by atoms with E-state index in [1.54, 1.807) is 0 Å². The molecule has 0 radical (unpaired) electrons. The van der Waals surface area contributed by atoms with Crippen LogP contribution in [0.3, 0.4) is 0 Å². The molecule has 20 heavy (non-hydrogen) atoms. The smallest absolute Gasteiger partial charge is 0.212 e. The predicted octanol–water partition coefficient (Wildman–Crippen LogP) is 3.03. The summed E-state index contributed by atoms with van der Waals surface area (Å²) in [5.74, 6) is 1.09. The molecule has 0 aliphatic heterocycles. The van der Waals surface area contributed by atoms with Gasteiger partial charge in [0.1, 0.15) is 5.52 Å². The number of fused-ring (bicyclic) bond motifs is 1. The minimum atomic E-state index is 0.0690. The van der Waals surface area contributed by atoms with Crippen LogP contribution >= 0.6 is 0 Å². The zero-order valence-corrected chi connectivity index (χ0v) is 11.9. The van der Waals surface area contributed by atoms with Gasteiger partial charge in [-0.3, -0.25) is 0 Å². The van der Waals surface area contributed by atoms with Gasteiger partial charge in [0.05, 0.1) is 6.04 Å². The topological polar surface area (TPSA) is 58.3 Å². The third kappa shape index (κ3) is 2.72. The monoisotopic (exact) mass is 274 g/mol. The lowest BCUT2D eigenvalue weighted by atomic mass is 9.84. The summed E-state index contributed by atoms with van der Waals surface area (Å²) in [4.78, 5) is 4.54. The van der Waals surface area contributed by atoms with Crippen LogP contribution in [0, 0.1) is 5.92 Å². The molecule has 0 bridgehead atoms. The number of aliphatic hydroxyl groups excluding tert-OH is 1. The highest BCUT2D eigenvalue weighted by Crippen LogP contribution is 2.27. The largest absolute Gasteiger partial charge is 0.439 e. The van der Waals surface area contributed by atoms with E-state index in [4.69, 9.17) is 4.42 Å². The first-order valence-electron chi connectivity index (χ1n) is 7.50. The maximum atomic E-state index is 9.48. The minimum absolute atomic E-state index is 0.0690. The summed E-state index contributed by atoms with van der Waals surface area (Å²) in [7, 11) is 0. The van der Waals surface area contributed by atoms with Crippen molar-refractivity contribution >= 4 is 11.1 Å². The van der Waals surface area contributed by atoms with E-state index in [0.29, 0.717) is 12.0 Å². The molecule has 4 nitrogen and oxygen atoms in total. The normalized spacial score (nSPS) is 24.9. The quantitative estimate of drug-likeness (QED) is 0.899. The Kier molecular flexibility index (Phi) is 4.03. The lowest BCUT2D eigenvalue weighted by Gasteiger charge is -2.32. The fourth-order valence-corrected chi connectivity index (χ4v) is 3.11. The van der Waals surface area contributed by atoms with Crippen molar-refractivity contribution in [1.82, 2.24) is 10.3 Å². The lowest BCUT2D eigenvalue weighted by Crippen LogP contribution is -2.41. The van der Waals surface area contributed by atoms with E-state index in [9.17, 15) is 5.11 Å². The highest BCUT2D eigenvalue weighted by atomic mass is 16.3. The molecule has 2 aromatic rings. The third-order valence-electron chi connectivity index (χ3n) is 4.29. The summed E-state index contributed by atoms with van der Waals surface area (Å²) >= 11 is 0. The molecule has 1 aliphatic rings. The molecule has 4 heteroatoms. The first-order chi connectivity index (χ1) is 9.78. The van der Waals surface area contributed by atoms with Gasteiger partial charge in [-0.05, 0) is 37.8 Å². The van der Waals surface area contributed by atoms with Crippen molar-refractivity contribution in [2.75, 3.05) is 6.61 Å². The predicted molar refractivity (Wildman–Crippen MR) is 78.4 cm³/mol. The van der Waals surface area contributed by atoms with E-state index in [0.717, 1.165) is 29.8 Å². The number of nitrogens with one attached hydrogen (secondary N) is 1. The molecule has 2 N–H and O–H groups in total. The minimum Gasteiger partial charge on any atom is -0.439 e.